The summed E-state index contributed by atoms with van der Waals surface area (Å²) in [5.41, 5.74) is 6.60. The van der Waals surface area contributed by atoms with Crippen molar-refractivity contribution in [1.29, 1.82) is 0 Å². The largest absolute Gasteiger partial charge is 0.379 e. The molecule has 1 aromatic carbocycles. The van der Waals surface area contributed by atoms with Crippen LogP contribution in [-0.4, -0.2) is 14.4 Å². The average Bonchev–Trinajstić information content (AvgIpc) is 3.09. The van der Waals surface area contributed by atoms with Gasteiger partial charge in [0, 0.05) is 42.1 Å². The topological polar surface area (TPSA) is 42.2 Å². The minimum atomic E-state index is 0.228. The lowest BCUT2D eigenvalue weighted by Gasteiger charge is -2.15. The summed E-state index contributed by atoms with van der Waals surface area (Å²) in [6.45, 7) is 4.23. The molecule has 4 heteroatoms. The van der Waals surface area contributed by atoms with Crippen LogP contribution in [0.25, 0.3) is 16.9 Å². The number of anilines is 1. The first-order valence-electron chi connectivity index (χ1n) is 8.42. The molecule has 124 valence electrons. The molecule has 0 saturated heterocycles. The monoisotopic (exact) mass is 328 g/mol. The van der Waals surface area contributed by atoms with Gasteiger partial charge >= 0.3 is 0 Å². The fourth-order valence-electron chi connectivity index (χ4n) is 3.02. The van der Waals surface area contributed by atoms with Crippen molar-refractivity contribution in [2.75, 3.05) is 5.32 Å². The maximum Gasteiger partial charge on any atom is 0.140 e. The second kappa shape index (κ2) is 6.40. The van der Waals surface area contributed by atoms with Crippen molar-refractivity contribution < 1.29 is 0 Å². The molecule has 0 aliphatic rings. The maximum atomic E-state index is 4.76. The van der Waals surface area contributed by atoms with Crippen LogP contribution in [0.1, 0.15) is 24.1 Å². The Kier molecular flexibility index (Phi) is 3.94. The highest BCUT2D eigenvalue weighted by molar-refractivity contribution is 5.66. The Balaban J connectivity index is 1.56. The number of imidazole rings is 1. The molecule has 0 aliphatic carbocycles. The summed E-state index contributed by atoms with van der Waals surface area (Å²) in [7, 11) is 0. The average molecular weight is 328 g/mol. The van der Waals surface area contributed by atoms with Gasteiger partial charge in [0.1, 0.15) is 5.65 Å². The van der Waals surface area contributed by atoms with Gasteiger partial charge in [0.25, 0.3) is 0 Å². The third kappa shape index (κ3) is 3.11. The van der Waals surface area contributed by atoms with Crippen molar-refractivity contribution in [3.63, 3.8) is 0 Å². The summed E-state index contributed by atoms with van der Waals surface area (Å²) >= 11 is 0. The van der Waals surface area contributed by atoms with Crippen LogP contribution in [0.3, 0.4) is 0 Å². The molecule has 25 heavy (non-hydrogen) atoms. The van der Waals surface area contributed by atoms with Crippen LogP contribution >= 0.6 is 0 Å². The summed E-state index contributed by atoms with van der Waals surface area (Å²) in [5.74, 6) is 0. The van der Waals surface area contributed by atoms with Crippen LogP contribution in [0.4, 0.5) is 5.69 Å². The normalized spacial score (nSPS) is 12.2. The van der Waals surface area contributed by atoms with E-state index in [1.165, 1.54) is 11.1 Å². The number of rotatable bonds is 4. The molecule has 4 aromatic rings. The fourth-order valence-corrected chi connectivity index (χ4v) is 3.02. The van der Waals surface area contributed by atoms with Gasteiger partial charge in [0.15, 0.2) is 0 Å². The number of fused-ring (bicyclic) bond motifs is 1. The minimum Gasteiger partial charge on any atom is -0.379 e. The first kappa shape index (κ1) is 15.4. The number of hydrogen-bond acceptors (Lipinski definition) is 3. The van der Waals surface area contributed by atoms with Crippen molar-refractivity contribution in [2.45, 2.75) is 19.9 Å². The van der Waals surface area contributed by atoms with E-state index >= 15 is 0 Å². The third-order valence-corrected chi connectivity index (χ3v) is 4.45. The zero-order valence-electron chi connectivity index (χ0n) is 14.3. The number of nitrogens with zero attached hydrogens (tertiary/aromatic N) is 3. The fraction of sp³-hybridized carbons (Fsp3) is 0.143. The van der Waals surface area contributed by atoms with Gasteiger partial charge in [0.05, 0.1) is 5.69 Å². The van der Waals surface area contributed by atoms with E-state index < -0.39 is 0 Å². The third-order valence-electron chi connectivity index (χ3n) is 4.45. The molecule has 1 unspecified atom stereocenters. The van der Waals surface area contributed by atoms with E-state index in [4.69, 9.17) is 4.98 Å². The molecule has 1 N–H and O–H groups in total. The maximum absolute atomic E-state index is 4.76. The van der Waals surface area contributed by atoms with Crippen LogP contribution in [-0.2, 0) is 0 Å². The van der Waals surface area contributed by atoms with E-state index in [2.05, 4.69) is 65.1 Å². The quantitative estimate of drug-likeness (QED) is 0.580. The predicted octanol–water partition coefficient (Wildman–Crippen LogP) is 4.88. The highest BCUT2D eigenvalue weighted by Gasteiger charge is 2.08. The molecular weight excluding hydrogens is 308 g/mol. The Labute approximate surface area is 147 Å². The summed E-state index contributed by atoms with van der Waals surface area (Å²) < 4.78 is 2.07. The molecule has 0 aliphatic heterocycles. The summed E-state index contributed by atoms with van der Waals surface area (Å²) in [6.07, 6.45) is 7.75. The Hall–Kier alpha value is -3.14. The Bertz CT molecular complexity index is 988. The number of benzene rings is 1. The highest BCUT2D eigenvalue weighted by atomic mass is 15.0. The van der Waals surface area contributed by atoms with Crippen LogP contribution < -0.4 is 5.32 Å². The molecule has 3 aromatic heterocycles. The second-order valence-corrected chi connectivity index (χ2v) is 6.27. The number of hydrogen-bond donors (Lipinski definition) is 1. The lowest BCUT2D eigenvalue weighted by Crippen LogP contribution is -2.06. The van der Waals surface area contributed by atoms with Gasteiger partial charge in [-0.2, -0.15) is 0 Å². The van der Waals surface area contributed by atoms with E-state index in [1.807, 2.05) is 36.8 Å². The van der Waals surface area contributed by atoms with Crippen molar-refractivity contribution in [1.82, 2.24) is 14.4 Å². The molecule has 0 bridgehead atoms. The van der Waals surface area contributed by atoms with E-state index in [-0.39, 0.29) is 6.04 Å². The predicted molar refractivity (Wildman–Crippen MR) is 102 cm³/mol. The molecule has 0 spiro atoms. The van der Waals surface area contributed by atoms with Crippen molar-refractivity contribution in [3.05, 3.63) is 84.4 Å². The first-order valence-corrected chi connectivity index (χ1v) is 8.42. The lowest BCUT2D eigenvalue weighted by molar-refractivity contribution is 0.881. The van der Waals surface area contributed by atoms with Crippen molar-refractivity contribution in [3.8, 4) is 11.3 Å². The molecule has 4 nitrogen and oxygen atoms in total. The SMILES string of the molecule is Cc1cccn2cc(-c3ccc(NC(C)c4ccncc4)cc3)nc12. The van der Waals surface area contributed by atoms with Gasteiger partial charge in [-0.15, -0.1) is 0 Å². The van der Waals surface area contributed by atoms with E-state index in [1.54, 1.807) is 0 Å². The number of pyridine rings is 2. The summed E-state index contributed by atoms with van der Waals surface area (Å²) in [4.78, 5) is 8.82. The van der Waals surface area contributed by atoms with Gasteiger partial charge in [-0.05, 0) is 55.3 Å². The van der Waals surface area contributed by atoms with E-state index in [9.17, 15) is 0 Å². The first-order chi connectivity index (χ1) is 12.2. The smallest absolute Gasteiger partial charge is 0.140 e. The van der Waals surface area contributed by atoms with Gasteiger partial charge in [-0.25, -0.2) is 4.98 Å². The van der Waals surface area contributed by atoms with Crippen LogP contribution in [0.15, 0.2) is 73.3 Å². The van der Waals surface area contributed by atoms with Gasteiger partial charge in [-0.3, -0.25) is 4.98 Å². The van der Waals surface area contributed by atoms with Gasteiger partial charge < -0.3 is 9.72 Å². The second-order valence-electron chi connectivity index (χ2n) is 6.27. The molecule has 4 rings (SSSR count). The molecule has 0 fully saturated rings. The van der Waals surface area contributed by atoms with Gasteiger partial charge in [-0.1, -0.05) is 18.2 Å². The lowest BCUT2D eigenvalue weighted by atomic mass is 10.1. The molecule has 0 amide bonds. The Morgan fingerprint density at radius 2 is 1.76 bits per heavy atom. The number of nitrogens with one attached hydrogen (secondary N) is 1. The van der Waals surface area contributed by atoms with Crippen molar-refractivity contribution in [2.24, 2.45) is 0 Å². The van der Waals surface area contributed by atoms with Crippen molar-refractivity contribution >= 4 is 11.3 Å². The molecule has 3 heterocycles. The van der Waals surface area contributed by atoms with E-state index in [0.29, 0.717) is 0 Å². The molecule has 0 radical (unpaired) electrons. The Morgan fingerprint density at radius 1 is 1.00 bits per heavy atom. The number of aryl methyl sites for hydroxylation is 1. The zero-order valence-corrected chi connectivity index (χ0v) is 14.3. The van der Waals surface area contributed by atoms with Crippen LogP contribution in [0, 0.1) is 6.92 Å². The summed E-state index contributed by atoms with van der Waals surface area (Å²) in [5, 5.41) is 3.52. The van der Waals surface area contributed by atoms with Gasteiger partial charge in [0.2, 0.25) is 0 Å². The minimum absolute atomic E-state index is 0.228. The van der Waals surface area contributed by atoms with Crippen LogP contribution in [0.2, 0.25) is 0 Å². The van der Waals surface area contributed by atoms with E-state index in [0.717, 1.165) is 22.6 Å². The zero-order chi connectivity index (χ0) is 17.2. The highest BCUT2D eigenvalue weighted by Crippen LogP contribution is 2.24. The standard InChI is InChI=1S/C21H20N4/c1-15-4-3-13-25-14-20(24-21(15)25)18-5-7-19(8-6-18)23-16(2)17-9-11-22-12-10-17/h3-14,16,23H,1-2H3. The molecular formula is C21H20N4. The Morgan fingerprint density at radius 3 is 2.48 bits per heavy atom. The molecule has 0 saturated carbocycles. The summed E-state index contributed by atoms with van der Waals surface area (Å²) in [6, 6.07) is 16.8. The van der Waals surface area contributed by atoms with Crippen LogP contribution in [0.5, 0.6) is 0 Å². The number of aromatic nitrogens is 3. The molecule has 1 atom stereocenters.